The number of carboxylic acids is 1. The molecule has 0 radical (unpaired) electrons. The van der Waals surface area contributed by atoms with Gasteiger partial charge in [-0.15, -0.1) is 0 Å². The minimum absolute atomic E-state index is 0.282. The predicted molar refractivity (Wildman–Crippen MR) is 56.4 cm³/mol. The monoisotopic (exact) mass is 254 g/mol. The molecule has 2 atom stereocenters. The number of hydrogen-bond acceptors (Lipinski definition) is 5. The Hall–Kier alpha value is -2.35. The summed E-state index contributed by atoms with van der Waals surface area (Å²) in [6.45, 7) is -0.617. The van der Waals surface area contributed by atoms with Crippen LogP contribution in [0.25, 0.3) is 0 Å². The largest absolute Gasteiger partial charge is 0.480 e. The van der Waals surface area contributed by atoms with Crippen LogP contribution in [0.2, 0.25) is 0 Å². The van der Waals surface area contributed by atoms with Crippen LogP contribution in [0.5, 0.6) is 0 Å². The number of furan rings is 1. The zero-order valence-corrected chi connectivity index (χ0v) is 9.04. The van der Waals surface area contributed by atoms with E-state index in [1.165, 1.54) is 12.5 Å². The Bertz CT molecular complexity index is 508. The lowest BCUT2D eigenvalue weighted by atomic mass is 9.91. The number of fused-ring (bicyclic) bond motifs is 1. The van der Waals surface area contributed by atoms with E-state index in [1.54, 1.807) is 0 Å². The molecule has 2 amide bonds. The smallest absolute Gasteiger partial charge is 0.322 e. The van der Waals surface area contributed by atoms with E-state index in [2.05, 4.69) is 5.32 Å². The Balaban J connectivity index is 2.16. The van der Waals surface area contributed by atoms with Crippen LogP contribution in [0.15, 0.2) is 16.9 Å². The summed E-state index contributed by atoms with van der Waals surface area (Å²) in [6, 6.07) is 0. The van der Waals surface area contributed by atoms with Gasteiger partial charge in [-0.2, -0.15) is 0 Å². The highest BCUT2D eigenvalue weighted by Crippen LogP contribution is 2.34. The summed E-state index contributed by atoms with van der Waals surface area (Å²) in [5.41, 5.74) is 0.583. The highest BCUT2D eigenvalue weighted by molar-refractivity contribution is 6.09. The van der Waals surface area contributed by atoms with Gasteiger partial charge in [-0.1, -0.05) is 0 Å². The molecule has 4 N–H and O–H groups in total. The van der Waals surface area contributed by atoms with Crippen molar-refractivity contribution < 1.29 is 29.0 Å². The molecule has 1 aromatic heterocycles. The molecule has 1 aliphatic heterocycles. The summed E-state index contributed by atoms with van der Waals surface area (Å²) in [6.07, 6.45) is 1.10. The predicted octanol–water partition coefficient (Wildman–Crippen LogP) is -0.918. The van der Waals surface area contributed by atoms with E-state index in [9.17, 15) is 19.5 Å². The number of carboxylic acid groups (broad SMARTS) is 1. The molecule has 0 bridgehead atoms. The Kier molecular flexibility index (Phi) is 3.02. The standard InChI is InChI=1S/C10H10N2O6/c13-6(14)1-11-9(16)7-8(15)4-2-18-3-5(4)12-10(7)17/h2-3,7-8,15H,1H2,(H,11,16)(H,12,17)(H,13,14). The number of hydrogen-bond donors (Lipinski definition) is 4. The zero-order chi connectivity index (χ0) is 13.3. The number of nitrogens with one attached hydrogen (secondary N) is 2. The van der Waals surface area contributed by atoms with Crippen LogP contribution in [-0.4, -0.2) is 34.5 Å². The lowest BCUT2D eigenvalue weighted by Crippen LogP contribution is -2.45. The molecule has 2 unspecified atom stereocenters. The van der Waals surface area contributed by atoms with Gasteiger partial charge in [0.25, 0.3) is 0 Å². The molecule has 1 aliphatic rings. The van der Waals surface area contributed by atoms with E-state index in [0.29, 0.717) is 5.69 Å². The first-order valence-corrected chi connectivity index (χ1v) is 5.05. The fourth-order valence-electron chi connectivity index (χ4n) is 1.71. The van der Waals surface area contributed by atoms with Crippen LogP contribution in [0.1, 0.15) is 11.7 Å². The number of carbonyl (C=O) groups is 3. The molecule has 0 aromatic carbocycles. The van der Waals surface area contributed by atoms with Gasteiger partial charge < -0.3 is 25.3 Å². The van der Waals surface area contributed by atoms with Gasteiger partial charge in [-0.05, 0) is 0 Å². The zero-order valence-electron chi connectivity index (χ0n) is 9.04. The van der Waals surface area contributed by atoms with Crippen LogP contribution in [0.3, 0.4) is 0 Å². The summed E-state index contributed by atoms with van der Waals surface area (Å²) >= 11 is 0. The van der Waals surface area contributed by atoms with Crippen LogP contribution >= 0.6 is 0 Å². The number of aliphatic hydroxyl groups is 1. The maximum atomic E-state index is 11.6. The molecular formula is C10H10N2O6. The molecule has 0 saturated heterocycles. The van der Waals surface area contributed by atoms with Gasteiger partial charge in [-0.3, -0.25) is 14.4 Å². The summed E-state index contributed by atoms with van der Waals surface area (Å²) < 4.78 is 4.81. The van der Waals surface area contributed by atoms with Gasteiger partial charge in [0.2, 0.25) is 11.8 Å². The number of rotatable bonds is 3. The van der Waals surface area contributed by atoms with E-state index in [-0.39, 0.29) is 5.56 Å². The van der Waals surface area contributed by atoms with Gasteiger partial charge in [0.15, 0.2) is 0 Å². The molecule has 1 aromatic rings. The van der Waals surface area contributed by atoms with Crippen molar-refractivity contribution in [3.8, 4) is 0 Å². The molecule has 2 heterocycles. The number of amides is 2. The maximum absolute atomic E-state index is 11.6. The second kappa shape index (κ2) is 4.49. The van der Waals surface area contributed by atoms with Gasteiger partial charge >= 0.3 is 5.97 Å². The highest BCUT2D eigenvalue weighted by atomic mass is 16.4. The van der Waals surface area contributed by atoms with Crippen molar-refractivity contribution in [3.05, 3.63) is 18.1 Å². The van der Waals surface area contributed by atoms with Crippen LogP contribution in [0, 0.1) is 5.92 Å². The SMILES string of the molecule is O=C(O)CNC(=O)C1C(=O)Nc2cocc2C1O. The molecule has 8 heteroatoms. The summed E-state index contributed by atoms with van der Waals surface area (Å²) in [7, 11) is 0. The average Bonchev–Trinajstić information content (AvgIpc) is 2.74. The molecule has 18 heavy (non-hydrogen) atoms. The number of carbonyl (C=O) groups excluding carboxylic acids is 2. The summed E-state index contributed by atoms with van der Waals surface area (Å²) in [4.78, 5) is 33.6. The summed E-state index contributed by atoms with van der Waals surface area (Å²) in [5.74, 6) is -4.19. The Morgan fingerprint density at radius 2 is 2.17 bits per heavy atom. The van der Waals surface area contributed by atoms with Crippen molar-refractivity contribution in [3.63, 3.8) is 0 Å². The molecule has 96 valence electrons. The highest BCUT2D eigenvalue weighted by Gasteiger charge is 2.40. The van der Waals surface area contributed by atoms with Crippen molar-refractivity contribution in [2.45, 2.75) is 6.10 Å². The second-order valence-corrected chi connectivity index (χ2v) is 3.76. The van der Waals surface area contributed by atoms with Crippen molar-refractivity contribution in [2.75, 3.05) is 11.9 Å². The third kappa shape index (κ3) is 2.05. The number of anilines is 1. The molecule has 0 saturated carbocycles. The van der Waals surface area contributed by atoms with E-state index in [1.807, 2.05) is 5.32 Å². The van der Waals surface area contributed by atoms with E-state index in [4.69, 9.17) is 9.52 Å². The molecular weight excluding hydrogens is 244 g/mol. The first-order chi connectivity index (χ1) is 8.50. The normalized spacial score (nSPS) is 21.9. The maximum Gasteiger partial charge on any atom is 0.322 e. The van der Waals surface area contributed by atoms with Crippen molar-refractivity contribution in [1.82, 2.24) is 5.32 Å². The first-order valence-electron chi connectivity index (χ1n) is 5.05. The van der Waals surface area contributed by atoms with Crippen LogP contribution in [-0.2, 0) is 14.4 Å². The molecule has 8 nitrogen and oxygen atoms in total. The minimum atomic E-state index is -1.39. The third-order valence-electron chi connectivity index (χ3n) is 2.56. The van der Waals surface area contributed by atoms with Gasteiger partial charge in [0.05, 0.1) is 12.0 Å². The van der Waals surface area contributed by atoms with E-state index < -0.39 is 36.4 Å². The van der Waals surface area contributed by atoms with Crippen molar-refractivity contribution in [1.29, 1.82) is 0 Å². The van der Waals surface area contributed by atoms with Gasteiger partial charge in [0.1, 0.15) is 24.8 Å². The first kappa shape index (κ1) is 12.1. The summed E-state index contributed by atoms with van der Waals surface area (Å²) in [5, 5.41) is 22.7. The van der Waals surface area contributed by atoms with Gasteiger partial charge in [-0.25, -0.2) is 0 Å². The number of aliphatic hydroxyl groups excluding tert-OH is 1. The molecule has 0 fully saturated rings. The Morgan fingerprint density at radius 3 is 2.83 bits per heavy atom. The van der Waals surface area contributed by atoms with E-state index in [0.717, 1.165) is 0 Å². The topological polar surface area (TPSA) is 129 Å². The average molecular weight is 254 g/mol. The quantitative estimate of drug-likeness (QED) is 0.516. The Labute approximate surface area is 101 Å². The lowest BCUT2D eigenvalue weighted by Gasteiger charge is -2.25. The van der Waals surface area contributed by atoms with Crippen LogP contribution < -0.4 is 10.6 Å². The third-order valence-corrected chi connectivity index (χ3v) is 2.56. The van der Waals surface area contributed by atoms with Gasteiger partial charge in [0, 0.05) is 5.56 Å². The van der Waals surface area contributed by atoms with Crippen molar-refractivity contribution in [2.24, 2.45) is 5.92 Å². The van der Waals surface area contributed by atoms with E-state index >= 15 is 0 Å². The van der Waals surface area contributed by atoms with Crippen molar-refractivity contribution >= 4 is 23.5 Å². The molecule has 0 spiro atoms. The molecule has 0 aliphatic carbocycles. The Morgan fingerprint density at radius 1 is 1.44 bits per heavy atom. The van der Waals surface area contributed by atoms with Crippen LogP contribution in [0.4, 0.5) is 5.69 Å². The second-order valence-electron chi connectivity index (χ2n) is 3.76. The fraction of sp³-hybridized carbons (Fsp3) is 0.300. The fourth-order valence-corrected chi connectivity index (χ4v) is 1.71. The molecule has 2 rings (SSSR count). The minimum Gasteiger partial charge on any atom is -0.480 e. The number of aliphatic carboxylic acids is 1. The lowest BCUT2D eigenvalue weighted by molar-refractivity contribution is -0.142.